The maximum absolute atomic E-state index is 13.5. The molecule has 10 heteroatoms. The highest BCUT2D eigenvalue weighted by molar-refractivity contribution is 7.70. The van der Waals surface area contributed by atoms with Crippen LogP contribution in [0.25, 0.3) is 0 Å². The molecule has 1 saturated heterocycles. The van der Waals surface area contributed by atoms with E-state index in [1.54, 1.807) is 44.5 Å². The van der Waals surface area contributed by atoms with Crippen molar-refractivity contribution in [3.05, 3.63) is 49.1 Å². The summed E-state index contributed by atoms with van der Waals surface area (Å²) in [5.74, 6) is -0.188. The zero-order chi connectivity index (χ0) is 25.1. The van der Waals surface area contributed by atoms with Gasteiger partial charge in [-0.15, -0.1) is 13.2 Å². The smallest absolute Gasteiger partial charge is 0.379 e. The van der Waals surface area contributed by atoms with Crippen LogP contribution in [0.1, 0.15) is 13.8 Å². The summed E-state index contributed by atoms with van der Waals surface area (Å²) in [6, 6.07) is 7.06. The topological polar surface area (TPSA) is 66.0 Å². The Balaban J connectivity index is 0.00000265. The van der Waals surface area contributed by atoms with Gasteiger partial charge in [0.15, 0.2) is 0 Å². The molecule has 0 bridgehead atoms. The van der Waals surface area contributed by atoms with Gasteiger partial charge in [0, 0.05) is 30.6 Å². The van der Waals surface area contributed by atoms with Crippen molar-refractivity contribution in [3.8, 4) is 0 Å². The van der Waals surface area contributed by atoms with E-state index in [4.69, 9.17) is 4.74 Å². The van der Waals surface area contributed by atoms with E-state index in [9.17, 15) is 17.7 Å². The van der Waals surface area contributed by atoms with Gasteiger partial charge in [0.05, 0.1) is 31.5 Å². The molecular weight excluding hydrogens is 452 g/mol. The molecule has 1 heterocycles. The summed E-state index contributed by atoms with van der Waals surface area (Å²) in [5.41, 5.74) is -0.0877. The van der Waals surface area contributed by atoms with Gasteiger partial charge in [-0.3, -0.25) is 9.89 Å². The zero-order valence-electron chi connectivity index (χ0n) is 19.9. The Morgan fingerprint density at radius 1 is 1.24 bits per heavy atom. The van der Waals surface area contributed by atoms with E-state index in [1.807, 2.05) is 0 Å². The summed E-state index contributed by atoms with van der Waals surface area (Å²) in [6.07, 6.45) is -3.99. The number of ether oxygens (including phenoxy) is 1. The molecule has 0 spiro atoms. The lowest BCUT2D eigenvalue weighted by Gasteiger charge is -2.26. The summed E-state index contributed by atoms with van der Waals surface area (Å²) >= 11 is 0. The van der Waals surface area contributed by atoms with Crippen molar-refractivity contribution >= 4 is 24.0 Å². The monoisotopic (exact) mass is 488 g/mol. The number of rotatable bonds is 8. The van der Waals surface area contributed by atoms with Crippen LogP contribution in [0.4, 0.5) is 18.9 Å². The number of benzene rings is 1. The van der Waals surface area contributed by atoms with Crippen LogP contribution < -0.4 is 15.9 Å². The van der Waals surface area contributed by atoms with Crippen LogP contribution in [0.5, 0.6) is 0 Å². The highest BCUT2D eigenvalue weighted by Crippen LogP contribution is 2.34. The molecule has 1 aromatic carbocycles. The van der Waals surface area contributed by atoms with Crippen molar-refractivity contribution in [1.29, 1.82) is 0 Å². The van der Waals surface area contributed by atoms with Crippen LogP contribution in [0.15, 0.2) is 54.1 Å². The Hall–Kier alpha value is -2.09. The van der Waals surface area contributed by atoms with Crippen LogP contribution >= 0.6 is 7.14 Å². The highest BCUT2D eigenvalue weighted by Gasteiger charge is 2.36. The van der Waals surface area contributed by atoms with Crippen LogP contribution in [0.3, 0.4) is 0 Å². The zero-order valence-corrected chi connectivity index (χ0v) is 20.8. The fourth-order valence-electron chi connectivity index (χ4n) is 3.18. The van der Waals surface area contributed by atoms with Crippen LogP contribution in [0.2, 0.25) is 0 Å². The molecule has 1 unspecified atom stereocenters. The van der Waals surface area contributed by atoms with Crippen molar-refractivity contribution in [1.82, 2.24) is 10.2 Å². The minimum absolute atomic E-state index is 0.188. The number of nitrogens with one attached hydrogen (secondary N) is 2. The van der Waals surface area contributed by atoms with Crippen LogP contribution in [0, 0.1) is 0 Å². The predicted molar refractivity (Wildman–Crippen MR) is 132 cm³/mol. The van der Waals surface area contributed by atoms with Crippen molar-refractivity contribution in [3.63, 3.8) is 0 Å². The first-order valence-corrected chi connectivity index (χ1v) is 13.4. The molecule has 0 aliphatic carbocycles. The average Bonchev–Trinajstić information content (AvgIpc) is 2.75. The molecule has 1 aromatic rings. The molecule has 0 amide bonds. The van der Waals surface area contributed by atoms with Gasteiger partial charge in [0.25, 0.3) is 0 Å². The summed E-state index contributed by atoms with van der Waals surface area (Å²) < 4.78 is 58.0. The molecule has 6 nitrogen and oxygen atoms in total. The minimum atomic E-state index is -4.51. The Kier molecular flexibility index (Phi) is 11.9. The second kappa shape index (κ2) is 13.6. The number of amidine groups is 1. The average molecular weight is 489 g/mol. The van der Waals surface area contributed by atoms with Gasteiger partial charge < -0.3 is 19.9 Å². The largest absolute Gasteiger partial charge is 0.419 e. The summed E-state index contributed by atoms with van der Waals surface area (Å²) in [5, 5.41) is 6.72. The number of halogens is 3. The third kappa shape index (κ3) is 10.2. The molecule has 186 valence electrons. The first kappa shape index (κ1) is 28.9. The van der Waals surface area contributed by atoms with E-state index < -0.39 is 25.1 Å². The van der Waals surface area contributed by atoms with Crippen molar-refractivity contribution in [2.75, 3.05) is 58.0 Å². The molecule has 0 saturated carbocycles. The van der Waals surface area contributed by atoms with Crippen LogP contribution in [-0.4, -0.2) is 75.8 Å². The van der Waals surface area contributed by atoms with Crippen molar-refractivity contribution in [2.45, 2.75) is 26.2 Å². The van der Waals surface area contributed by atoms with Crippen molar-refractivity contribution < 1.29 is 22.5 Å². The molecule has 2 rings (SSSR count). The van der Waals surface area contributed by atoms with E-state index in [0.29, 0.717) is 25.4 Å². The van der Waals surface area contributed by atoms with E-state index in [0.717, 1.165) is 24.5 Å². The number of morpholine rings is 1. The lowest BCUT2D eigenvalue weighted by atomic mass is 10.2. The molecule has 1 fully saturated rings. The lowest BCUT2D eigenvalue weighted by Crippen LogP contribution is -2.42. The normalized spacial score (nSPS) is 17.1. The van der Waals surface area contributed by atoms with E-state index >= 15 is 0 Å². The molecule has 1 aliphatic rings. The Labute approximate surface area is 195 Å². The standard InChI is InChI=1S/C21H32F3N4O2P.C2H4/c1-5-19(21(22,23)24)20(25-10-11-28-12-14-30-15-13-28)27-16(2)26-17-6-8-18(9-7-17)31(3,4)29;1-2/h5-9,16,26H,10-15H2,1-4H3,(H,25,27);1-2H2/b19-5+;. The van der Waals surface area contributed by atoms with Gasteiger partial charge in [-0.05, 0) is 51.4 Å². The minimum Gasteiger partial charge on any atom is -0.379 e. The fraction of sp³-hybridized carbons (Fsp3) is 0.522. The Morgan fingerprint density at radius 3 is 2.30 bits per heavy atom. The second-order valence-electron chi connectivity index (χ2n) is 7.79. The van der Waals surface area contributed by atoms with E-state index in [-0.39, 0.29) is 12.4 Å². The van der Waals surface area contributed by atoms with Gasteiger partial charge >= 0.3 is 6.18 Å². The quantitative estimate of drug-likeness (QED) is 0.188. The van der Waals surface area contributed by atoms with Crippen molar-refractivity contribution in [2.24, 2.45) is 4.99 Å². The molecule has 1 aliphatic heterocycles. The first-order chi connectivity index (χ1) is 15.5. The molecular formula is C23H36F3N4O2P. The molecule has 33 heavy (non-hydrogen) atoms. The highest BCUT2D eigenvalue weighted by atomic mass is 31.2. The van der Waals surface area contributed by atoms with Gasteiger partial charge in [0.1, 0.15) is 13.0 Å². The molecule has 0 radical (unpaired) electrons. The van der Waals surface area contributed by atoms with E-state index in [1.165, 1.54) is 6.92 Å². The summed E-state index contributed by atoms with van der Waals surface area (Å²) in [7, 11) is -2.36. The van der Waals surface area contributed by atoms with Gasteiger partial charge in [-0.1, -0.05) is 6.08 Å². The van der Waals surface area contributed by atoms with Crippen LogP contribution in [-0.2, 0) is 9.30 Å². The maximum atomic E-state index is 13.5. The Morgan fingerprint density at radius 2 is 1.82 bits per heavy atom. The van der Waals surface area contributed by atoms with Gasteiger partial charge in [0.2, 0.25) is 0 Å². The third-order valence-electron chi connectivity index (χ3n) is 4.86. The van der Waals surface area contributed by atoms with Gasteiger partial charge in [-0.25, -0.2) is 0 Å². The fourth-order valence-corrected chi connectivity index (χ4v) is 4.05. The Bertz CT molecular complexity index is 829. The number of aliphatic imine (C=N–C) groups is 1. The van der Waals surface area contributed by atoms with E-state index in [2.05, 4.69) is 33.7 Å². The predicted octanol–water partition coefficient (Wildman–Crippen LogP) is 4.32. The number of anilines is 1. The number of hydrogen-bond donors (Lipinski definition) is 2. The third-order valence-corrected chi connectivity index (χ3v) is 6.41. The molecule has 0 aromatic heterocycles. The van der Waals surface area contributed by atoms with Gasteiger partial charge in [-0.2, -0.15) is 13.2 Å². The summed E-state index contributed by atoms with van der Waals surface area (Å²) in [4.78, 5) is 6.36. The maximum Gasteiger partial charge on any atom is 0.419 e. The summed E-state index contributed by atoms with van der Waals surface area (Å²) in [6.45, 7) is 16.0. The second-order valence-corrected chi connectivity index (χ2v) is 11.0. The number of nitrogens with zero attached hydrogens (tertiary/aromatic N) is 2. The number of alkyl halides is 3. The number of hydrogen-bond acceptors (Lipinski definition) is 5. The first-order valence-electron chi connectivity index (χ1n) is 10.8. The SMILES string of the molecule is C/C=C(\C(=NCCN1CCOCC1)NC(C)Nc1ccc(P(C)(C)=O)cc1)C(F)(F)F.C=C. The molecule has 2 N–H and O–H groups in total. The molecule has 1 atom stereocenters. The lowest BCUT2D eigenvalue weighted by molar-refractivity contribution is -0.0865. The number of allylic oxidation sites excluding steroid dienone is 1.